The highest BCUT2D eigenvalue weighted by molar-refractivity contribution is 7.92. The monoisotopic (exact) mass is 396 g/mol. The number of sulfonamides is 1. The summed E-state index contributed by atoms with van der Waals surface area (Å²) in [5, 5.41) is 2.81. The third-order valence-corrected chi connectivity index (χ3v) is 5.46. The Morgan fingerprint density at radius 3 is 2.14 bits per heavy atom. The van der Waals surface area contributed by atoms with Gasteiger partial charge in [-0.25, -0.2) is 8.42 Å². The van der Waals surface area contributed by atoms with E-state index in [1.807, 2.05) is 30.3 Å². The van der Waals surface area contributed by atoms with Gasteiger partial charge in [0, 0.05) is 17.8 Å². The highest BCUT2D eigenvalue weighted by Gasteiger charge is 2.15. The number of ether oxygens (including phenoxy) is 1. The molecule has 0 heterocycles. The summed E-state index contributed by atoms with van der Waals surface area (Å²) in [4.78, 5) is 12.3. The van der Waals surface area contributed by atoms with Gasteiger partial charge >= 0.3 is 0 Å². The van der Waals surface area contributed by atoms with Crippen molar-refractivity contribution in [1.82, 2.24) is 5.32 Å². The molecule has 0 spiro atoms. The topological polar surface area (TPSA) is 84.5 Å². The summed E-state index contributed by atoms with van der Waals surface area (Å²) in [6.07, 6.45) is 0. The molecule has 0 aliphatic carbocycles. The third-order valence-electron chi connectivity index (χ3n) is 4.06. The number of carbonyl (C=O) groups excluding carboxylic acids is 1. The van der Waals surface area contributed by atoms with Crippen molar-refractivity contribution in [3.63, 3.8) is 0 Å². The summed E-state index contributed by atoms with van der Waals surface area (Å²) in [5.41, 5.74) is 1.79. The van der Waals surface area contributed by atoms with Crippen LogP contribution in [0.25, 0.3) is 0 Å². The van der Waals surface area contributed by atoms with Gasteiger partial charge in [0.2, 0.25) is 0 Å². The molecule has 28 heavy (non-hydrogen) atoms. The van der Waals surface area contributed by atoms with Gasteiger partial charge in [-0.3, -0.25) is 9.52 Å². The van der Waals surface area contributed by atoms with E-state index >= 15 is 0 Å². The van der Waals surface area contributed by atoms with Gasteiger partial charge < -0.3 is 10.1 Å². The van der Waals surface area contributed by atoms with Crippen LogP contribution in [0.4, 0.5) is 5.69 Å². The van der Waals surface area contributed by atoms with Gasteiger partial charge in [-0.2, -0.15) is 0 Å². The fourth-order valence-electron chi connectivity index (χ4n) is 2.54. The van der Waals surface area contributed by atoms with Crippen LogP contribution in [0, 0.1) is 0 Å². The lowest BCUT2D eigenvalue weighted by Gasteiger charge is -2.10. The van der Waals surface area contributed by atoms with Crippen LogP contribution in [0.2, 0.25) is 0 Å². The van der Waals surface area contributed by atoms with Gasteiger partial charge in [0.05, 0.1) is 12.0 Å². The van der Waals surface area contributed by atoms with Crippen molar-refractivity contribution in [2.45, 2.75) is 11.4 Å². The van der Waals surface area contributed by atoms with Gasteiger partial charge in [0.25, 0.3) is 15.9 Å². The Balaban J connectivity index is 1.65. The molecule has 2 N–H and O–H groups in total. The zero-order chi connectivity index (χ0) is 20.0. The minimum atomic E-state index is -3.75. The first-order chi connectivity index (χ1) is 13.5. The molecule has 144 valence electrons. The third kappa shape index (κ3) is 4.89. The second kappa shape index (κ2) is 8.58. The van der Waals surface area contributed by atoms with E-state index in [4.69, 9.17) is 4.74 Å². The van der Waals surface area contributed by atoms with E-state index in [-0.39, 0.29) is 10.8 Å². The summed E-state index contributed by atoms with van der Waals surface area (Å²) in [7, 11) is -2.21. The zero-order valence-corrected chi connectivity index (χ0v) is 16.1. The summed E-state index contributed by atoms with van der Waals surface area (Å²) in [5.74, 6) is 0.365. The normalized spacial score (nSPS) is 10.9. The number of hydrogen-bond donors (Lipinski definition) is 2. The van der Waals surface area contributed by atoms with Crippen molar-refractivity contribution in [2.24, 2.45) is 0 Å². The van der Waals surface area contributed by atoms with Crippen molar-refractivity contribution in [1.29, 1.82) is 0 Å². The number of amides is 1. The summed E-state index contributed by atoms with van der Waals surface area (Å²) in [6, 6.07) is 21.9. The van der Waals surface area contributed by atoms with Crippen LogP contribution in [0.15, 0.2) is 83.8 Å². The Morgan fingerprint density at radius 2 is 1.54 bits per heavy atom. The van der Waals surface area contributed by atoms with Crippen LogP contribution in [-0.2, 0) is 16.6 Å². The fourth-order valence-corrected chi connectivity index (χ4v) is 3.60. The minimum Gasteiger partial charge on any atom is -0.497 e. The Kier molecular flexibility index (Phi) is 5.96. The molecular weight excluding hydrogens is 376 g/mol. The molecule has 0 atom stereocenters. The van der Waals surface area contributed by atoms with E-state index in [2.05, 4.69) is 10.0 Å². The van der Waals surface area contributed by atoms with E-state index < -0.39 is 10.0 Å². The predicted octanol–water partition coefficient (Wildman–Crippen LogP) is 3.43. The molecule has 0 saturated carbocycles. The number of nitrogens with one attached hydrogen (secondary N) is 2. The lowest BCUT2D eigenvalue weighted by Crippen LogP contribution is -2.22. The first kappa shape index (κ1) is 19.4. The van der Waals surface area contributed by atoms with Crippen molar-refractivity contribution in [3.05, 3.63) is 90.0 Å². The largest absolute Gasteiger partial charge is 0.497 e. The van der Waals surface area contributed by atoms with Crippen LogP contribution in [0.3, 0.4) is 0 Å². The standard InChI is InChI=1S/C21H20N2O4S/c1-27-19-11-9-18(10-12-19)23-28(25,26)20-13-7-17(8-14-20)21(24)22-15-16-5-3-2-4-6-16/h2-14,23H,15H2,1H3,(H,22,24). The van der Waals surface area contributed by atoms with E-state index in [1.54, 1.807) is 24.3 Å². The minimum absolute atomic E-state index is 0.0722. The number of rotatable bonds is 7. The molecule has 0 aromatic heterocycles. The molecule has 3 rings (SSSR count). The van der Waals surface area contributed by atoms with E-state index in [1.165, 1.54) is 31.4 Å². The van der Waals surface area contributed by atoms with E-state index in [0.29, 0.717) is 23.5 Å². The highest BCUT2D eigenvalue weighted by atomic mass is 32.2. The SMILES string of the molecule is COc1ccc(NS(=O)(=O)c2ccc(C(=O)NCc3ccccc3)cc2)cc1. The molecule has 6 nitrogen and oxygen atoms in total. The predicted molar refractivity (Wildman–Crippen MR) is 108 cm³/mol. The molecule has 0 bridgehead atoms. The molecular formula is C21H20N2O4S. The maximum atomic E-state index is 12.5. The van der Waals surface area contributed by atoms with Crippen LogP contribution < -0.4 is 14.8 Å². The van der Waals surface area contributed by atoms with Gasteiger partial charge in [0.15, 0.2) is 0 Å². The maximum absolute atomic E-state index is 12.5. The number of hydrogen-bond acceptors (Lipinski definition) is 4. The van der Waals surface area contributed by atoms with Crippen molar-refractivity contribution in [2.75, 3.05) is 11.8 Å². The molecule has 1 amide bonds. The quantitative estimate of drug-likeness (QED) is 0.641. The fraction of sp³-hybridized carbons (Fsp3) is 0.0952. The van der Waals surface area contributed by atoms with Gasteiger partial charge in [0.1, 0.15) is 5.75 Å². The van der Waals surface area contributed by atoms with Gasteiger partial charge in [-0.1, -0.05) is 30.3 Å². The Bertz CT molecular complexity index is 1030. The zero-order valence-electron chi connectivity index (χ0n) is 15.3. The molecule has 0 aliphatic rings. The molecule has 0 fully saturated rings. The van der Waals surface area contributed by atoms with Gasteiger partial charge in [-0.05, 0) is 54.1 Å². The Hall–Kier alpha value is -3.32. The highest BCUT2D eigenvalue weighted by Crippen LogP contribution is 2.19. The smallest absolute Gasteiger partial charge is 0.261 e. The second-order valence-electron chi connectivity index (χ2n) is 6.03. The van der Waals surface area contributed by atoms with Crippen LogP contribution >= 0.6 is 0 Å². The van der Waals surface area contributed by atoms with Crippen LogP contribution in [0.5, 0.6) is 5.75 Å². The van der Waals surface area contributed by atoms with E-state index in [9.17, 15) is 13.2 Å². The average molecular weight is 396 g/mol. The molecule has 0 saturated heterocycles. The van der Waals surface area contributed by atoms with Crippen molar-refractivity contribution < 1.29 is 17.9 Å². The number of methoxy groups -OCH3 is 1. The first-order valence-electron chi connectivity index (χ1n) is 8.57. The number of anilines is 1. The Labute approximate surface area is 164 Å². The van der Waals surface area contributed by atoms with Crippen LogP contribution in [-0.4, -0.2) is 21.4 Å². The molecule has 7 heteroatoms. The van der Waals surface area contributed by atoms with Crippen LogP contribution in [0.1, 0.15) is 15.9 Å². The molecule has 3 aromatic carbocycles. The molecule has 0 aliphatic heterocycles. The molecule has 0 unspecified atom stereocenters. The lowest BCUT2D eigenvalue weighted by molar-refractivity contribution is 0.0951. The number of carbonyl (C=O) groups is 1. The van der Waals surface area contributed by atoms with Gasteiger partial charge in [-0.15, -0.1) is 0 Å². The second-order valence-corrected chi connectivity index (χ2v) is 7.71. The van der Waals surface area contributed by atoms with E-state index in [0.717, 1.165) is 5.56 Å². The summed E-state index contributed by atoms with van der Waals surface area (Å²) in [6.45, 7) is 0.402. The lowest BCUT2D eigenvalue weighted by atomic mass is 10.2. The van der Waals surface area contributed by atoms with Crippen molar-refractivity contribution in [3.8, 4) is 5.75 Å². The van der Waals surface area contributed by atoms with Crippen molar-refractivity contribution >= 4 is 21.6 Å². The summed E-state index contributed by atoms with van der Waals surface area (Å²) >= 11 is 0. The molecule has 3 aromatic rings. The summed E-state index contributed by atoms with van der Waals surface area (Å²) < 4.78 is 32.6. The first-order valence-corrected chi connectivity index (χ1v) is 10.1. The maximum Gasteiger partial charge on any atom is 0.261 e. The average Bonchev–Trinajstić information content (AvgIpc) is 2.73. The molecule has 0 radical (unpaired) electrons. The number of benzene rings is 3. The Morgan fingerprint density at radius 1 is 0.893 bits per heavy atom.